The van der Waals surface area contributed by atoms with Gasteiger partial charge < -0.3 is 11.1 Å². The average molecular weight is 389 g/mol. The SMILES string of the molecule is Nc1ccc(-c2ccc3ncc4c(=O)[nH]c(=O)n(C5CCNCC5)c4c3n2)cn1. The molecule has 0 aromatic carbocycles. The molecule has 0 spiro atoms. The number of piperidine rings is 1. The first-order valence-corrected chi connectivity index (χ1v) is 9.49. The fraction of sp³-hybridized carbons (Fsp3) is 0.250. The van der Waals surface area contributed by atoms with Crippen molar-refractivity contribution < 1.29 is 0 Å². The normalized spacial score (nSPS) is 15.2. The Balaban J connectivity index is 1.84. The third kappa shape index (κ3) is 2.95. The van der Waals surface area contributed by atoms with E-state index in [1.165, 1.54) is 6.20 Å². The van der Waals surface area contributed by atoms with Gasteiger partial charge in [-0.25, -0.2) is 14.8 Å². The van der Waals surface area contributed by atoms with Crippen LogP contribution in [0.1, 0.15) is 18.9 Å². The molecule has 4 aromatic heterocycles. The second-order valence-electron chi connectivity index (χ2n) is 7.17. The third-order valence-electron chi connectivity index (χ3n) is 5.37. The van der Waals surface area contributed by atoms with Gasteiger partial charge in [-0.2, -0.15) is 0 Å². The van der Waals surface area contributed by atoms with Gasteiger partial charge in [0.2, 0.25) is 0 Å². The molecular weight excluding hydrogens is 370 g/mol. The Morgan fingerprint density at radius 2 is 1.86 bits per heavy atom. The number of aromatic nitrogens is 5. The summed E-state index contributed by atoms with van der Waals surface area (Å²) in [7, 11) is 0. The van der Waals surface area contributed by atoms with Crippen molar-refractivity contribution in [3.05, 3.63) is 57.5 Å². The lowest BCUT2D eigenvalue weighted by molar-refractivity contribution is 0.365. The molecule has 5 rings (SSSR count). The minimum Gasteiger partial charge on any atom is -0.384 e. The van der Waals surface area contributed by atoms with Crippen LogP contribution in [0.2, 0.25) is 0 Å². The van der Waals surface area contributed by atoms with Crippen LogP contribution in [0.3, 0.4) is 0 Å². The zero-order valence-corrected chi connectivity index (χ0v) is 15.6. The van der Waals surface area contributed by atoms with E-state index < -0.39 is 11.2 Å². The standard InChI is InChI=1S/C20H19N7O2/c21-16-4-1-11(9-24-16)14-2-3-15-17(25-14)18-13(10-23-15)19(28)26-20(29)27(18)12-5-7-22-8-6-12/h1-4,9-10,12,22H,5-8H2,(H2,21,24)(H,26,28,29). The van der Waals surface area contributed by atoms with Crippen LogP contribution >= 0.6 is 0 Å². The largest absolute Gasteiger partial charge is 0.384 e. The zero-order valence-electron chi connectivity index (χ0n) is 15.6. The van der Waals surface area contributed by atoms with Gasteiger partial charge >= 0.3 is 5.69 Å². The summed E-state index contributed by atoms with van der Waals surface area (Å²) in [6.07, 6.45) is 4.76. The van der Waals surface area contributed by atoms with E-state index >= 15 is 0 Å². The fourth-order valence-corrected chi connectivity index (χ4v) is 3.92. The Morgan fingerprint density at radius 3 is 2.62 bits per heavy atom. The number of nitrogen functional groups attached to an aromatic ring is 1. The Labute approximate surface area is 164 Å². The molecular formula is C20H19N7O2. The summed E-state index contributed by atoms with van der Waals surface area (Å²) >= 11 is 0. The van der Waals surface area contributed by atoms with Gasteiger partial charge in [0.15, 0.2) is 0 Å². The fourth-order valence-electron chi connectivity index (χ4n) is 3.92. The molecule has 1 fully saturated rings. The second kappa shape index (κ2) is 6.78. The highest BCUT2D eigenvalue weighted by Gasteiger charge is 2.22. The van der Waals surface area contributed by atoms with Gasteiger partial charge in [0.25, 0.3) is 5.56 Å². The van der Waals surface area contributed by atoms with Gasteiger partial charge in [-0.1, -0.05) is 0 Å². The Morgan fingerprint density at radius 1 is 1.03 bits per heavy atom. The number of nitrogens with two attached hydrogens (primary N) is 1. The van der Waals surface area contributed by atoms with Gasteiger partial charge in [0.05, 0.1) is 22.1 Å². The molecule has 1 aliphatic heterocycles. The van der Waals surface area contributed by atoms with Crippen molar-refractivity contribution in [2.75, 3.05) is 18.8 Å². The van der Waals surface area contributed by atoms with Crippen molar-refractivity contribution in [1.82, 2.24) is 29.8 Å². The number of H-pyrrole nitrogens is 1. The molecule has 4 N–H and O–H groups in total. The molecule has 4 aromatic rings. The molecule has 9 heteroatoms. The van der Waals surface area contributed by atoms with Crippen molar-refractivity contribution in [1.29, 1.82) is 0 Å². The van der Waals surface area contributed by atoms with E-state index in [2.05, 4.69) is 20.3 Å². The molecule has 0 bridgehead atoms. The van der Waals surface area contributed by atoms with E-state index in [0.29, 0.717) is 33.4 Å². The number of anilines is 1. The molecule has 0 unspecified atom stereocenters. The van der Waals surface area contributed by atoms with Crippen LogP contribution in [0, 0.1) is 0 Å². The smallest absolute Gasteiger partial charge is 0.329 e. The number of nitrogens with zero attached hydrogens (tertiary/aromatic N) is 4. The summed E-state index contributed by atoms with van der Waals surface area (Å²) in [5, 5.41) is 3.66. The summed E-state index contributed by atoms with van der Waals surface area (Å²) in [4.78, 5) is 41.0. The number of fused-ring (bicyclic) bond motifs is 3. The lowest BCUT2D eigenvalue weighted by Gasteiger charge is -2.26. The first kappa shape index (κ1) is 17.5. The first-order chi connectivity index (χ1) is 14.1. The van der Waals surface area contributed by atoms with Crippen LogP contribution in [0.5, 0.6) is 0 Å². The van der Waals surface area contributed by atoms with Gasteiger partial charge in [0.1, 0.15) is 11.3 Å². The lowest BCUT2D eigenvalue weighted by atomic mass is 10.1. The summed E-state index contributed by atoms with van der Waals surface area (Å²) in [6, 6.07) is 7.21. The maximum Gasteiger partial charge on any atom is 0.329 e. The van der Waals surface area contributed by atoms with Crippen molar-refractivity contribution in [2.24, 2.45) is 0 Å². The molecule has 0 amide bonds. The molecule has 0 radical (unpaired) electrons. The highest BCUT2D eigenvalue weighted by Crippen LogP contribution is 2.27. The number of aromatic amines is 1. The molecule has 146 valence electrons. The van der Waals surface area contributed by atoms with E-state index in [4.69, 9.17) is 10.7 Å². The maximum absolute atomic E-state index is 12.8. The van der Waals surface area contributed by atoms with E-state index in [0.717, 1.165) is 31.5 Å². The Bertz CT molecular complexity index is 1340. The summed E-state index contributed by atoms with van der Waals surface area (Å²) in [5.41, 5.74) is 7.95. The summed E-state index contributed by atoms with van der Waals surface area (Å²) in [5.74, 6) is 0.424. The minimum absolute atomic E-state index is 0.0163. The van der Waals surface area contributed by atoms with E-state index in [1.807, 2.05) is 18.2 Å². The zero-order chi connectivity index (χ0) is 20.0. The van der Waals surface area contributed by atoms with E-state index in [-0.39, 0.29) is 6.04 Å². The van der Waals surface area contributed by atoms with Crippen molar-refractivity contribution >= 4 is 27.8 Å². The number of nitrogens with one attached hydrogen (secondary N) is 2. The Kier molecular flexibility index (Phi) is 4.09. The predicted octanol–water partition coefficient (Wildman–Crippen LogP) is 1.20. The van der Waals surface area contributed by atoms with Crippen molar-refractivity contribution in [2.45, 2.75) is 18.9 Å². The molecule has 29 heavy (non-hydrogen) atoms. The number of hydrogen-bond donors (Lipinski definition) is 3. The molecule has 5 heterocycles. The van der Waals surface area contributed by atoms with Crippen molar-refractivity contribution in [3.63, 3.8) is 0 Å². The lowest BCUT2D eigenvalue weighted by Crippen LogP contribution is -2.38. The van der Waals surface area contributed by atoms with Crippen LogP contribution < -0.4 is 22.3 Å². The topological polar surface area (TPSA) is 132 Å². The predicted molar refractivity (Wildman–Crippen MR) is 111 cm³/mol. The summed E-state index contributed by atoms with van der Waals surface area (Å²) < 4.78 is 1.68. The van der Waals surface area contributed by atoms with Crippen LogP contribution in [0.25, 0.3) is 33.2 Å². The highest BCUT2D eigenvalue weighted by atomic mass is 16.2. The summed E-state index contributed by atoms with van der Waals surface area (Å²) in [6.45, 7) is 1.63. The molecule has 1 saturated heterocycles. The maximum atomic E-state index is 12.8. The van der Waals surface area contributed by atoms with Gasteiger partial charge in [-0.15, -0.1) is 0 Å². The first-order valence-electron chi connectivity index (χ1n) is 9.49. The monoisotopic (exact) mass is 389 g/mol. The molecule has 0 atom stereocenters. The average Bonchev–Trinajstić information content (AvgIpc) is 2.74. The van der Waals surface area contributed by atoms with E-state index in [1.54, 1.807) is 16.8 Å². The number of rotatable bonds is 2. The Hall–Kier alpha value is -3.59. The second-order valence-corrected chi connectivity index (χ2v) is 7.17. The third-order valence-corrected chi connectivity index (χ3v) is 5.37. The quantitative estimate of drug-likeness (QED) is 0.439. The van der Waals surface area contributed by atoms with Gasteiger partial charge in [-0.05, 0) is 50.2 Å². The van der Waals surface area contributed by atoms with Crippen LogP contribution in [-0.2, 0) is 0 Å². The van der Waals surface area contributed by atoms with Gasteiger partial charge in [-0.3, -0.25) is 19.3 Å². The van der Waals surface area contributed by atoms with Crippen LogP contribution in [0.4, 0.5) is 5.82 Å². The molecule has 1 aliphatic rings. The van der Waals surface area contributed by atoms with E-state index in [9.17, 15) is 9.59 Å². The van der Waals surface area contributed by atoms with Gasteiger partial charge in [0, 0.05) is 24.0 Å². The molecule has 9 nitrogen and oxygen atoms in total. The number of hydrogen-bond acceptors (Lipinski definition) is 7. The van der Waals surface area contributed by atoms with Crippen molar-refractivity contribution in [3.8, 4) is 11.3 Å². The molecule has 0 saturated carbocycles. The van der Waals surface area contributed by atoms with Crippen LogP contribution in [-0.4, -0.2) is 37.6 Å². The molecule has 0 aliphatic carbocycles. The highest BCUT2D eigenvalue weighted by molar-refractivity contribution is 6.01. The minimum atomic E-state index is -0.453. The number of pyridine rings is 3. The van der Waals surface area contributed by atoms with Crippen LogP contribution in [0.15, 0.2) is 46.2 Å².